The average molecular weight is 353 g/mol. The summed E-state index contributed by atoms with van der Waals surface area (Å²) < 4.78 is 5.95. The number of fused-ring (bicyclic) bond motifs is 1. The maximum absolute atomic E-state index is 11.1. The van der Waals surface area contributed by atoms with Gasteiger partial charge in [-0.1, -0.05) is 6.07 Å². The molecule has 0 saturated heterocycles. The molecular formula is C19H19N3O2S. The summed E-state index contributed by atoms with van der Waals surface area (Å²) in [5, 5.41) is 5.85. The van der Waals surface area contributed by atoms with Crippen LogP contribution in [0.15, 0.2) is 34.7 Å². The lowest BCUT2D eigenvalue weighted by Gasteiger charge is -2.12. The molecule has 0 aliphatic carbocycles. The van der Waals surface area contributed by atoms with Crippen LogP contribution in [0, 0.1) is 20.8 Å². The molecule has 0 fully saturated rings. The molecule has 25 heavy (non-hydrogen) atoms. The van der Waals surface area contributed by atoms with Crippen molar-refractivity contribution in [2.45, 2.75) is 27.7 Å². The highest BCUT2D eigenvalue weighted by Crippen LogP contribution is 2.31. The molecule has 1 amide bonds. The Morgan fingerprint density at radius 2 is 1.88 bits per heavy atom. The van der Waals surface area contributed by atoms with Crippen LogP contribution in [0.3, 0.4) is 0 Å². The molecule has 1 heterocycles. The van der Waals surface area contributed by atoms with Gasteiger partial charge in [-0.2, -0.15) is 0 Å². The van der Waals surface area contributed by atoms with Gasteiger partial charge in [0, 0.05) is 18.2 Å². The van der Waals surface area contributed by atoms with Crippen LogP contribution in [0.4, 0.5) is 5.69 Å². The number of nitrogens with one attached hydrogen (secondary N) is 2. The van der Waals surface area contributed by atoms with Crippen LogP contribution in [0.25, 0.3) is 22.6 Å². The number of oxazole rings is 1. The number of anilines is 1. The first-order valence-electron chi connectivity index (χ1n) is 7.91. The highest BCUT2D eigenvalue weighted by Gasteiger charge is 2.14. The third kappa shape index (κ3) is 3.53. The minimum atomic E-state index is -0.212. The molecule has 5 nitrogen and oxygen atoms in total. The largest absolute Gasteiger partial charge is 0.436 e. The fourth-order valence-electron chi connectivity index (χ4n) is 2.61. The maximum atomic E-state index is 11.1. The zero-order valence-electron chi connectivity index (χ0n) is 14.6. The van der Waals surface area contributed by atoms with Gasteiger partial charge in [0.25, 0.3) is 0 Å². The molecule has 6 heteroatoms. The average Bonchev–Trinajstić information content (AvgIpc) is 2.91. The lowest BCUT2D eigenvalue weighted by Crippen LogP contribution is -2.32. The summed E-state index contributed by atoms with van der Waals surface area (Å²) in [4.78, 5) is 15.7. The highest BCUT2D eigenvalue weighted by atomic mass is 32.1. The number of hydrogen-bond acceptors (Lipinski definition) is 4. The fraction of sp³-hybridized carbons (Fsp3) is 0.211. The van der Waals surface area contributed by atoms with Crippen LogP contribution in [-0.4, -0.2) is 16.0 Å². The van der Waals surface area contributed by atoms with Crippen molar-refractivity contribution < 1.29 is 9.21 Å². The molecule has 0 saturated carbocycles. The quantitative estimate of drug-likeness (QED) is 0.674. The molecule has 2 N–H and O–H groups in total. The predicted molar refractivity (Wildman–Crippen MR) is 104 cm³/mol. The third-order valence-electron chi connectivity index (χ3n) is 4.11. The molecule has 0 radical (unpaired) electrons. The zero-order chi connectivity index (χ0) is 18.1. The monoisotopic (exact) mass is 353 g/mol. The van der Waals surface area contributed by atoms with Gasteiger partial charge in [-0.3, -0.25) is 4.79 Å². The lowest BCUT2D eigenvalue weighted by atomic mass is 10.1. The van der Waals surface area contributed by atoms with Gasteiger partial charge < -0.3 is 15.1 Å². The normalized spacial score (nSPS) is 10.7. The Labute approximate surface area is 151 Å². The topological polar surface area (TPSA) is 67.2 Å². The van der Waals surface area contributed by atoms with E-state index in [4.69, 9.17) is 16.6 Å². The van der Waals surface area contributed by atoms with Gasteiger partial charge >= 0.3 is 0 Å². The van der Waals surface area contributed by atoms with Crippen molar-refractivity contribution in [3.8, 4) is 11.5 Å². The van der Waals surface area contributed by atoms with E-state index in [9.17, 15) is 4.79 Å². The van der Waals surface area contributed by atoms with Crippen LogP contribution in [0.1, 0.15) is 23.6 Å². The second kappa shape index (κ2) is 6.64. The summed E-state index contributed by atoms with van der Waals surface area (Å²) in [5.41, 5.74) is 6.57. The number of benzene rings is 2. The van der Waals surface area contributed by atoms with E-state index in [1.165, 1.54) is 18.1 Å². The zero-order valence-corrected chi connectivity index (χ0v) is 15.4. The number of amides is 1. The molecular weight excluding hydrogens is 334 g/mol. The Hall–Kier alpha value is -2.73. The van der Waals surface area contributed by atoms with E-state index in [-0.39, 0.29) is 11.0 Å². The van der Waals surface area contributed by atoms with Gasteiger partial charge in [-0.15, -0.1) is 0 Å². The first-order chi connectivity index (χ1) is 11.8. The van der Waals surface area contributed by atoms with Gasteiger partial charge in [-0.25, -0.2) is 4.98 Å². The van der Waals surface area contributed by atoms with E-state index in [0.29, 0.717) is 5.89 Å². The van der Waals surface area contributed by atoms with Crippen molar-refractivity contribution in [2.24, 2.45) is 0 Å². The molecule has 0 spiro atoms. The molecule has 3 rings (SSSR count). The number of carbonyl (C=O) groups is 1. The van der Waals surface area contributed by atoms with Crippen molar-refractivity contribution in [2.75, 3.05) is 5.32 Å². The predicted octanol–water partition coefficient (Wildman–Crippen LogP) is 4.25. The van der Waals surface area contributed by atoms with Crippen LogP contribution < -0.4 is 10.6 Å². The number of hydrogen-bond donors (Lipinski definition) is 2. The summed E-state index contributed by atoms with van der Waals surface area (Å²) in [5.74, 6) is 0.350. The summed E-state index contributed by atoms with van der Waals surface area (Å²) in [6.45, 7) is 7.48. The fourth-order valence-corrected chi connectivity index (χ4v) is 2.87. The van der Waals surface area contributed by atoms with E-state index in [0.717, 1.165) is 27.9 Å². The second-order valence-electron chi connectivity index (χ2n) is 6.04. The van der Waals surface area contributed by atoms with Crippen molar-refractivity contribution in [1.82, 2.24) is 10.3 Å². The molecule has 0 bridgehead atoms. The minimum Gasteiger partial charge on any atom is -0.436 e. The van der Waals surface area contributed by atoms with Gasteiger partial charge in [-0.05, 0) is 73.9 Å². The molecule has 0 aliphatic rings. The van der Waals surface area contributed by atoms with Crippen molar-refractivity contribution >= 4 is 40.0 Å². The Balaban J connectivity index is 1.99. The van der Waals surface area contributed by atoms with Crippen molar-refractivity contribution in [3.63, 3.8) is 0 Å². The first-order valence-corrected chi connectivity index (χ1v) is 8.32. The number of aromatic nitrogens is 1. The molecule has 0 atom stereocenters. The summed E-state index contributed by atoms with van der Waals surface area (Å²) in [7, 11) is 0. The molecule has 2 aromatic carbocycles. The molecule has 3 aromatic rings. The highest BCUT2D eigenvalue weighted by molar-refractivity contribution is 7.80. The van der Waals surface area contributed by atoms with Crippen LogP contribution >= 0.6 is 12.2 Å². The van der Waals surface area contributed by atoms with E-state index in [1.54, 1.807) is 0 Å². The molecule has 0 aliphatic heterocycles. The molecule has 1 aromatic heterocycles. The summed E-state index contributed by atoms with van der Waals surface area (Å²) >= 11 is 5.13. The Morgan fingerprint density at radius 3 is 2.60 bits per heavy atom. The van der Waals surface area contributed by atoms with E-state index in [2.05, 4.69) is 29.5 Å². The van der Waals surface area contributed by atoms with Crippen LogP contribution in [0.2, 0.25) is 0 Å². The van der Waals surface area contributed by atoms with Crippen molar-refractivity contribution in [1.29, 1.82) is 0 Å². The Kier molecular flexibility index (Phi) is 4.55. The Morgan fingerprint density at radius 1 is 1.16 bits per heavy atom. The first kappa shape index (κ1) is 17.1. The van der Waals surface area contributed by atoms with Crippen LogP contribution in [-0.2, 0) is 4.79 Å². The SMILES string of the molecule is CC(=O)NC(=S)Nc1cccc(-c2nc3cc(C)c(C)cc3o2)c1C. The third-order valence-corrected chi connectivity index (χ3v) is 4.31. The number of aryl methyl sites for hydroxylation is 2. The van der Waals surface area contributed by atoms with Gasteiger partial charge in [0.15, 0.2) is 10.7 Å². The van der Waals surface area contributed by atoms with Gasteiger partial charge in [0.1, 0.15) is 5.52 Å². The summed E-state index contributed by atoms with van der Waals surface area (Å²) in [6, 6.07) is 9.77. The standard InChI is InChI=1S/C19H19N3O2S/c1-10-8-16-17(9-11(10)2)24-18(21-16)14-6-5-7-15(12(14)3)22-19(25)20-13(4)23/h5-9H,1-4H3,(H2,20,22,23,25). The van der Waals surface area contributed by atoms with Crippen LogP contribution in [0.5, 0.6) is 0 Å². The van der Waals surface area contributed by atoms with E-state index >= 15 is 0 Å². The van der Waals surface area contributed by atoms with Gasteiger partial charge in [0.2, 0.25) is 11.8 Å². The smallest absolute Gasteiger partial charge is 0.227 e. The van der Waals surface area contributed by atoms with E-state index in [1.807, 2.05) is 37.3 Å². The Bertz CT molecular complexity index is 953. The van der Waals surface area contributed by atoms with Gasteiger partial charge in [0.05, 0.1) is 0 Å². The summed E-state index contributed by atoms with van der Waals surface area (Å²) in [6.07, 6.45) is 0. The number of carbonyl (C=O) groups excluding carboxylic acids is 1. The number of rotatable bonds is 2. The minimum absolute atomic E-state index is 0.212. The van der Waals surface area contributed by atoms with Crippen molar-refractivity contribution in [3.05, 3.63) is 47.0 Å². The number of thiocarbonyl (C=S) groups is 1. The second-order valence-corrected chi connectivity index (χ2v) is 6.44. The number of nitrogens with zero attached hydrogens (tertiary/aromatic N) is 1. The molecule has 128 valence electrons. The van der Waals surface area contributed by atoms with E-state index < -0.39 is 0 Å². The molecule has 0 unspecified atom stereocenters. The maximum Gasteiger partial charge on any atom is 0.227 e. The lowest BCUT2D eigenvalue weighted by molar-refractivity contribution is -0.117.